The number of esters is 3. The number of nitrogens with zero attached hydrogens (tertiary/aromatic N) is 1. The van der Waals surface area contributed by atoms with Crippen LogP contribution in [-0.4, -0.2) is 93.0 Å². The van der Waals surface area contributed by atoms with Crippen LogP contribution in [0.3, 0.4) is 0 Å². The Morgan fingerprint density at radius 2 is 1.24 bits per heavy atom. The van der Waals surface area contributed by atoms with Gasteiger partial charge in [0.15, 0.2) is 18.5 Å². The Hall–Kier alpha value is -2.38. The van der Waals surface area contributed by atoms with Crippen LogP contribution in [0.2, 0.25) is 0 Å². The predicted octanol–water partition coefficient (Wildman–Crippen LogP) is 5.86. The summed E-state index contributed by atoms with van der Waals surface area (Å²) in [4.78, 5) is 47.3. The molecule has 14 heteroatoms. The van der Waals surface area contributed by atoms with Crippen molar-refractivity contribution in [3.05, 3.63) is 35.9 Å². The topological polar surface area (TPSA) is 156 Å². The SMILES string of the molecule is CCCC[N+](CCCC)(CCCC)CCCC.CO[C@H]1O[C@H](COC(C)=O)[C@@H](OP(=O)([O-])OCc2ccccc2)[C@H](OC(C)=O)[C@H]1OC(C)=O. The van der Waals surface area contributed by atoms with Crippen LogP contribution >= 0.6 is 7.82 Å². The van der Waals surface area contributed by atoms with Gasteiger partial charge in [-0.2, -0.15) is 0 Å². The summed E-state index contributed by atoms with van der Waals surface area (Å²) in [5.41, 5.74) is 0.558. The van der Waals surface area contributed by atoms with Gasteiger partial charge < -0.3 is 42.1 Å². The van der Waals surface area contributed by atoms with Gasteiger partial charge in [0.2, 0.25) is 0 Å². The van der Waals surface area contributed by atoms with Crippen molar-refractivity contribution in [2.24, 2.45) is 0 Å². The number of phosphoric ester groups is 1. The first-order valence-corrected chi connectivity index (χ1v) is 19.4. The third-order valence-corrected chi connectivity index (χ3v) is 9.25. The molecule has 1 aliphatic rings. The quantitative estimate of drug-likeness (QED) is 0.0607. The Morgan fingerprint density at radius 3 is 1.66 bits per heavy atom. The predicted molar refractivity (Wildman–Crippen MR) is 186 cm³/mol. The zero-order valence-electron chi connectivity index (χ0n) is 31.5. The maximum absolute atomic E-state index is 12.6. The fraction of sp³-hybridized carbons (Fsp3) is 0.750. The highest BCUT2D eigenvalue weighted by molar-refractivity contribution is 7.45. The Kier molecular flexibility index (Phi) is 22.6. The highest BCUT2D eigenvalue weighted by atomic mass is 31.2. The molecule has 1 aromatic rings. The molecule has 1 heterocycles. The summed E-state index contributed by atoms with van der Waals surface area (Å²) in [5.74, 6) is -2.27. The normalized spacial score (nSPS) is 21.7. The van der Waals surface area contributed by atoms with E-state index in [-0.39, 0.29) is 6.61 Å². The number of carbonyl (C=O) groups is 3. The highest BCUT2D eigenvalue weighted by Gasteiger charge is 2.52. The molecule has 0 bridgehead atoms. The highest BCUT2D eigenvalue weighted by Crippen LogP contribution is 2.45. The number of quaternary nitrogens is 1. The fourth-order valence-electron chi connectivity index (χ4n) is 5.72. The number of benzene rings is 1. The first kappa shape index (κ1) is 45.6. The molecule has 1 saturated heterocycles. The van der Waals surface area contributed by atoms with Crippen molar-refractivity contribution < 1.29 is 61.1 Å². The number of unbranched alkanes of at least 4 members (excludes halogenated alkanes) is 4. The zero-order chi connectivity index (χ0) is 37.6. The fourth-order valence-corrected chi connectivity index (χ4v) is 6.65. The Balaban J connectivity index is 0.000000621. The maximum Gasteiger partial charge on any atom is 0.303 e. The molecule has 1 aliphatic heterocycles. The lowest BCUT2D eigenvalue weighted by atomic mass is 9.98. The largest absolute Gasteiger partial charge is 0.756 e. The number of ether oxygens (including phenoxy) is 5. The van der Waals surface area contributed by atoms with E-state index < -0.39 is 63.0 Å². The van der Waals surface area contributed by atoms with Gasteiger partial charge in [-0.25, -0.2) is 0 Å². The summed E-state index contributed by atoms with van der Waals surface area (Å²) in [5, 5.41) is 0. The molecule has 288 valence electrons. The van der Waals surface area contributed by atoms with Crippen molar-refractivity contribution in [1.29, 1.82) is 0 Å². The van der Waals surface area contributed by atoms with Gasteiger partial charge in [-0.3, -0.25) is 18.9 Å². The maximum atomic E-state index is 12.6. The van der Waals surface area contributed by atoms with E-state index in [2.05, 4.69) is 27.7 Å². The van der Waals surface area contributed by atoms with Gasteiger partial charge in [-0.05, 0) is 31.2 Å². The lowest BCUT2D eigenvalue weighted by Crippen LogP contribution is -2.62. The minimum Gasteiger partial charge on any atom is -0.756 e. The first-order chi connectivity index (χ1) is 23.8. The van der Waals surface area contributed by atoms with Crippen LogP contribution in [0.15, 0.2) is 30.3 Å². The van der Waals surface area contributed by atoms with Gasteiger partial charge in [0.05, 0.1) is 32.8 Å². The number of carbonyl (C=O) groups excluding carboxylic acids is 3. The molecule has 0 aliphatic carbocycles. The van der Waals surface area contributed by atoms with Crippen molar-refractivity contribution in [3.63, 3.8) is 0 Å². The summed E-state index contributed by atoms with van der Waals surface area (Å²) in [6.45, 7) is 17.5. The van der Waals surface area contributed by atoms with Crippen LogP contribution in [0.1, 0.15) is 105 Å². The molecule has 0 aromatic heterocycles. The van der Waals surface area contributed by atoms with E-state index in [4.69, 9.17) is 32.7 Å². The molecule has 13 nitrogen and oxygen atoms in total. The van der Waals surface area contributed by atoms with Crippen molar-refractivity contribution in [2.45, 2.75) is 137 Å². The van der Waals surface area contributed by atoms with Gasteiger partial charge in [-0.1, -0.05) is 83.7 Å². The molecule has 0 radical (unpaired) electrons. The molecule has 0 spiro atoms. The van der Waals surface area contributed by atoms with E-state index in [0.717, 1.165) is 20.8 Å². The first-order valence-electron chi connectivity index (χ1n) is 18.0. The van der Waals surface area contributed by atoms with Gasteiger partial charge in [0, 0.05) is 27.9 Å². The van der Waals surface area contributed by atoms with Crippen LogP contribution in [0.25, 0.3) is 0 Å². The van der Waals surface area contributed by atoms with Gasteiger partial charge in [0.1, 0.15) is 18.8 Å². The van der Waals surface area contributed by atoms with Crippen molar-refractivity contribution in [1.82, 2.24) is 0 Å². The van der Waals surface area contributed by atoms with Gasteiger partial charge in [-0.15, -0.1) is 0 Å². The minimum atomic E-state index is -5.02. The molecule has 0 N–H and O–H groups in total. The van der Waals surface area contributed by atoms with Crippen LogP contribution in [0.4, 0.5) is 0 Å². The lowest BCUT2D eigenvalue weighted by molar-refractivity contribution is -0.929. The molecular weight excluding hydrogens is 669 g/mol. The average molecular weight is 732 g/mol. The smallest absolute Gasteiger partial charge is 0.303 e. The number of phosphoric acid groups is 1. The molecule has 1 aromatic carbocycles. The molecular formula is C36H62NO12P. The Bertz CT molecular complexity index is 1120. The van der Waals surface area contributed by atoms with E-state index in [9.17, 15) is 23.8 Å². The molecule has 0 amide bonds. The van der Waals surface area contributed by atoms with Gasteiger partial charge >= 0.3 is 17.9 Å². The molecule has 2 rings (SSSR count). The van der Waals surface area contributed by atoms with E-state index in [1.165, 1.54) is 89.1 Å². The molecule has 6 atom stereocenters. The summed E-state index contributed by atoms with van der Waals surface area (Å²) < 4.78 is 50.3. The monoisotopic (exact) mass is 731 g/mol. The second-order valence-corrected chi connectivity index (χ2v) is 14.0. The lowest BCUT2D eigenvalue weighted by Gasteiger charge is -2.45. The van der Waals surface area contributed by atoms with Crippen LogP contribution in [0.5, 0.6) is 0 Å². The van der Waals surface area contributed by atoms with Gasteiger partial charge in [0.25, 0.3) is 7.82 Å². The average Bonchev–Trinajstić information content (AvgIpc) is 3.08. The molecule has 1 fully saturated rings. The third kappa shape index (κ3) is 17.7. The summed E-state index contributed by atoms with van der Waals surface area (Å²) in [6, 6.07) is 8.44. The van der Waals surface area contributed by atoms with E-state index in [1.54, 1.807) is 30.3 Å². The summed E-state index contributed by atoms with van der Waals surface area (Å²) in [7, 11) is -3.79. The van der Waals surface area contributed by atoms with Crippen molar-refractivity contribution >= 4 is 25.7 Å². The summed E-state index contributed by atoms with van der Waals surface area (Å²) in [6.07, 6.45) is 4.03. The number of rotatable bonds is 22. The molecule has 0 saturated carbocycles. The zero-order valence-corrected chi connectivity index (χ0v) is 32.4. The van der Waals surface area contributed by atoms with Crippen LogP contribution in [-0.2, 0) is 58.3 Å². The standard InChI is InChI=1S/C20H27O12P.C16H36N/c1-12(21)27-11-16-17(32-33(24,25)28-10-15-8-6-5-7-9-15)18(29-13(2)22)19(30-14(3)23)20(26-4)31-16;1-5-9-13-17(14-10-6-2,15-11-7-3)16-12-8-4/h5-9,16-20H,10-11H2,1-4H3,(H,24,25);5-16H2,1-4H3/q;+1/p-1/t16-,17-,18+,19-,20+;/m1./s1. The number of hydrogen-bond acceptors (Lipinski definition) is 12. The Labute approximate surface area is 299 Å². The van der Waals surface area contributed by atoms with E-state index in [0.29, 0.717) is 5.56 Å². The van der Waals surface area contributed by atoms with Crippen molar-refractivity contribution in [3.8, 4) is 0 Å². The number of methoxy groups -OCH3 is 1. The third-order valence-electron chi connectivity index (χ3n) is 8.31. The van der Waals surface area contributed by atoms with Crippen LogP contribution in [0, 0.1) is 0 Å². The second kappa shape index (κ2) is 24.7. The van der Waals surface area contributed by atoms with Crippen molar-refractivity contribution in [2.75, 3.05) is 39.9 Å². The van der Waals surface area contributed by atoms with E-state index >= 15 is 0 Å². The molecule has 1 unspecified atom stereocenters. The van der Waals surface area contributed by atoms with E-state index in [1.807, 2.05) is 0 Å². The Morgan fingerprint density at radius 1 is 0.760 bits per heavy atom. The molecule has 50 heavy (non-hydrogen) atoms. The van der Waals surface area contributed by atoms with Crippen LogP contribution < -0.4 is 4.89 Å². The minimum absolute atomic E-state index is 0.323. The number of hydrogen-bond donors (Lipinski definition) is 0. The summed E-state index contributed by atoms with van der Waals surface area (Å²) >= 11 is 0. The second-order valence-electron chi connectivity index (χ2n) is 12.7.